The van der Waals surface area contributed by atoms with E-state index in [4.69, 9.17) is 16.3 Å². The average molecular weight is 379 g/mol. The number of β-amino-alcohol motifs (C(OH)–C–C–N with tert-alkyl or cyclic N) is 1. The highest BCUT2D eigenvalue weighted by molar-refractivity contribution is 6.30. The van der Waals surface area contributed by atoms with Crippen molar-refractivity contribution in [3.63, 3.8) is 0 Å². The summed E-state index contributed by atoms with van der Waals surface area (Å²) >= 11 is 5.95. The van der Waals surface area contributed by atoms with Crippen LogP contribution in [0.1, 0.15) is 12.8 Å². The second-order valence-electron chi connectivity index (χ2n) is 6.74. The Morgan fingerprint density at radius 3 is 3.08 bits per heavy atom. The van der Waals surface area contributed by atoms with Crippen LogP contribution in [0.4, 0.5) is 5.69 Å². The number of rotatable bonds is 6. The zero-order chi connectivity index (χ0) is 18.6. The van der Waals surface area contributed by atoms with Gasteiger partial charge in [0.05, 0.1) is 18.4 Å². The molecule has 1 unspecified atom stereocenters. The Balaban J connectivity index is 1.51. The van der Waals surface area contributed by atoms with Crippen LogP contribution in [0.2, 0.25) is 5.02 Å². The molecule has 1 aliphatic heterocycles. The second kappa shape index (κ2) is 8.07. The lowest BCUT2D eigenvalue weighted by Crippen LogP contribution is -2.53. The van der Waals surface area contributed by atoms with Gasteiger partial charge >= 0.3 is 0 Å². The van der Waals surface area contributed by atoms with Crippen molar-refractivity contribution in [2.45, 2.75) is 18.4 Å². The van der Waals surface area contributed by atoms with Crippen molar-refractivity contribution in [2.24, 2.45) is 7.05 Å². The molecule has 1 aromatic carbocycles. The van der Waals surface area contributed by atoms with E-state index in [9.17, 15) is 9.90 Å². The van der Waals surface area contributed by atoms with Gasteiger partial charge in [-0.05, 0) is 37.6 Å². The van der Waals surface area contributed by atoms with E-state index in [2.05, 4.69) is 10.4 Å². The first-order valence-corrected chi connectivity index (χ1v) is 8.91. The molecule has 1 aliphatic rings. The molecule has 2 heterocycles. The predicted molar refractivity (Wildman–Crippen MR) is 99.4 cm³/mol. The maximum Gasteiger partial charge on any atom is 0.238 e. The standard InChI is InChI=1S/C18H23ClN4O3/c1-22-10-15(9-20-22)21-17(24)11-23-7-3-6-18(25,12-23)13-26-16-5-2-4-14(19)8-16/h2,4-5,8-10,25H,3,6-7,11-13H2,1H3,(H,21,24). The third kappa shape index (κ3) is 5.20. The number of hydrogen-bond acceptors (Lipinski definition) is 5. The van der Waals surface area contributed by atoms with Gasteiger partial charge in [-0.3, -0.25) is 14.4 Å². The molecule has 0 bridgehead atoms. The van der Waals surface area contributed by atoms with Gasteiger partial charge in [-0.25, -0.2) is 0 Å². The van der Waals surface area contributed by atoms with Crippen LogP contribution in [0, 0.1) is 0 Å². The summed E-state index contributed by atoms with van der Waals surface area (Å²) in [6, 6.07) is 7.09. The van der Waals surface area contributed by atoms with Crippen LogP contribution >= 0.6 is 11.6 Å². The molecule has 0 radical (unpaired) electrons. The number of nitrogens with one attached hydrogen (secondary N) is 1. The summed E-state index contributed by atoms with van der Waals surface area (Å²) in [5, 5.41) is 18.3. The summed E-state index contributed by atoms with van der Waals surface area (Å²) in [4.78, 5) is 14.1. The van der Waals surface area contributed by atoms with E-state index in [1.165, 1.54) is 0 Å². The van der Waals surface area contributed by atoms with Crippen molar-refractivity contribution in [2.75, 3.05) is 31.6 Å². The van der Waals surface area contributed by atoms with Crippen LogP contribution in [0.5, 0.6) is 5.75 Å². The number of piperidine rings is 1. The van der Waals surface area contributed by atoms with Gasteiger partial charge in [-0.15, -0.1) is 0 Å². The van der Waals surface area contributed by atoms with Crippen molar-refractivity contribution in [1.82, 2.24) is 14.7 Å². The number of hydrogen-bond donors (Lipinski definition) is 2. The first-order chi connectivity index (χ1) is 12.4. The first kappa shape index (κ1) is 18.7. The van der Waals surface area contributed by atoms with Crippen LogP contribution in [-0.2, 0) is 11.8 Å². The number of aromatic nitrogens is 2. The van der Waals surface area contributed by atoms with Crippen molar-refractivity contribution in [3.05, 3.63) is 41.7 Å². The Bertz CT molecular complexity index is 766. The van der Waals surface area contributed by atoms with E-state index >= 15 is 0 Å². The zero-order valence-electron chi connectivity index (χ0n) is 14.7. The van der Waals surface area contributed by atoms with Crippen molar-refractivity contribution in [1.29, 1.82) is 0 Å². The number of carbonyl (C=O) groups excluding carboxylic acids is 1. The van der Waals surface area contributed by atoms with E-state index in [-0.39, 0.29) is 19.1 Å². The molecule has 140 valence electrons. The summed E-state index contributed by atoms with van der Waals surface area (Å²) in [5.41, 5.74) is -0.330. The van der Waals surface area contributed by atoms with E-state index < -0.39 is 5.60 Å². The highest BCUT2D eigenvalue weighted by Gasteiger charge is 2.34. The molecule has 3 rings (SSSR count). The number of aliphatic hydroxyl groups is 1. The molecule has 1 fully saturated rings. The minimum atomic E-state index is -0.991. The van der Waals surface area contributed by atoms with E-state index in [1.54, 1.807) is 48.4 Å². The van der Waals surface area contributed by atoms with Gasteiger partial charge in [0.1, 0.15) is 18.0 Å². The SMILES string of the molecule is Cn1cc(NC(=O)CN2CCCC(O)(COc3cccc(Cl)c3)C2)cn1. The van der Waals surface area contributed by atoms with Gasteiger partial charge < -0.3 is 15.2 Å². The van der Waals surface area contributed by atoms with Gasteiger partial charge in [-0.1, -0.05) is 17.7 Å². The first-order valence-electron chi connectivity index (χ1n) is 8.53. The summed E-state index contributed by atoms with van der Waals surface area (Å²) in [6.45, 7) is 1.52. The number of anilines is 1. The third-order valence-corrected chi connectivity index (χ3v) is 4.53. The largest absolute Gasteiger partial charge is 0.490 e. The number of halogens is 1. The normalized spacial score (nSPS) is 20.7. The molecule has 0 aliphatic carbocycles. The Morgan fingerprint density at radius 1 is 1.50 bits per heavy atom. The Hall–Kier alpha value is -2.09. The van der Waals surface area contributed by atoms with Crippen LogP contribution in [0.15, 0.2) is 36.7 Å². The lowest BCUT2D eigenvalue weighted by molar-refractivity contribution is -0.119. The number of aryl methyl sites for hydroxylation is 1. The summed E-state index contributed by atoms with van der Waals surface area (Å²) in [6.07, 6.45) is 4.77. The molecule has 1 aromatic heterocycles. The van der Waals surface area contributed by atoms with Gasteiger partial charge in [0.25, 0.3) is 0 Å². The quantitative estimate of drug-likeness (QED) is 0.802. The molecule has 1 atom stereocenters. The average Bonchev–Trinajstić information content (AvgIpc) is 2.98. The molecule has 0 spiro atoms. The van der Waals surface area contributed by atoms with Crippen molar-refractivity contribution >= 4 is 23.2 Å². The van der Waals surface area contributed by atoms with Crippen LogP contribution < -0.4 is 10.1 Å². The number of carbonyl (C=O) groups is 1. The highest BCUT2D eigenvalue weighted by atomic mass is 35.5. The van der Waals surface area contributed by atoms with Gasteiger partial charge in [0.2, 0.25) is 5.91 Å². The molecular weight excluding hydrogens is 356 g/mol. The minimum absolute atomic E-state index is 0.127. The summed E-state index contributed by atoms with van der Waals surface area (Å²) in [7, 11) is 1.79. The number of amides is 1. The molecule has 1 amide bonds. The van der Waals surface area contributed by atoms with Gasteiger partial charge in [0, 0.05) is 24.8 Å². The molecule has 0 saturated carbocycles. The van der Waals surface area contributed by atoms with Gasteiger partial charge in [-0.2, -0.15) is 5.10 Å². The molecule has 2 N–H and O–H groups in total. The number of benzene rings is 1. The minimum Gasteiger partial charge on any atom is -0.490 e. The second-order valence-corrected chi connectivity index (χ2v) is 7.17. The lowest BCUT2D eigenvalue weighted by Gasteiger charge is -2.38. The molecule has 7 nitrogen and oxygen atoms in total. The third-order valence-electron chi connectivity index (χ3n) is 4.29. The maximum atomic E-state index is 12.2. The molecular formula is C18H23ClN4O3. The van der Waals surface area contributed by atoms with Crippen LogP contribution in [-0.4, -0.2) is 57.5 Å². The fourth-order valence-corrected chi connectivity index (χ4v) is 3.30. The number of nitrogens with zero attached hydrogens (tertiary/aromatic N) is 3. The molecule has 1 saturated heterocycles. The zero-order valence-corrected chi connectivity index (χ0v) is 15.4. The maximum absolute atomic E-state index is 12.2. The predicted octanol–water partition coefficient (Wildman–Crippen LogP) is 1.92. The Kier molecular flexibility index (Phi) is 5.80. The smallest absolute Gasteiger partial charge is 0.238 e. The van der Waals surface area contributed by atoms with E-state index in [0.29, 0.717) is 29.4 Å². The lowest BCUT2D eigenvalue weighted by atomic mass is 9.93. The number of ether oxygens (including phenoxy) is 1. The fourth-order valence-electron chi connectivity index (χ4n) is 3.12. The molecule has 2 aromatic rings. The fraction of sp³-hybridized carbons (Fsp3) is 0.444. The van der Waals surface area contributed by atoms with Crippen LogP contribution in [0.3, 0.4) is 0 Å². The number of likely N-dealkylation sites (tertiary alicyclic amines) is 1. The Morgan fingerprint density at radius 2 is 2.35 bits per heavy atom. The van der Waals surface area contributed by atoms with Crippen molar-refractivity contribution < 1.29 is 14.6 Å². The van der Waals surface area contributed by atoms with Crippen molar-refractivity contribution in [3.8, 4) is 5.75 Å². The van der Waals surface area contributed by atoms with Crippen LogP contribution in [0.25, 0.3) is 0 Å². The van der Waals surface area contributed by atoms with Gasteiger partial charge in [0.15, 0.2) is 0 Å². The molecule has 26 heavy (non-hydrogen) atoms. The highest BCUT2D eigenvalue weighted by Crippen LogP contribution is 2.24. The monoisotopic (exact) mass is 378 g/mol. The summed E-state index contributed by atoms with van der Waals surface area (Å²) < 4.78 is 7.34. The Labute approximate surface area is 157 Å². The van der Waals surface area contributed by atoms with E-state index in [0.717, 1.165) is 13.0 Å². The summed E-state index contributed by atoms with van der Waals surface area (Å²) in [5.74, 6) is 0.496. The molecule has 8 heteroatoms. The topological polar surface area (TPSA) is 79.6 Å². The van der Waals surface area contributed by atoms with E-state index in [1.807, 2.05) is 4.90 Å².